The standard InChI is InChI=1S/C21H31N3O4/c1-17(2)12-23-7-10-28-20(15-23)11-22-21(25)16-24(13-18-5-3-8-26-18)14-19-6-4-9-27-19/h3-6,8-9,17,20H,7,10-16H2,1-2H3,(H,22,25). The molecule has 7 nitrogen and oxygen atoms in total. The molecule has 1 amide bonds. The maximum atomic E-state index is 12.5. The van der Waals surface area contributed by atoms with Crippen molar-refractivity contribution in [3.05, 3.63) is 48.3 Å². The monoisotopic (exact) mass is 389 g/mol. The normalized spacial score (nSPS) is 18.1. The van der Waals surface area contributed by atoms with Gasteiger partial charge in [0.05, 0.1) is 44.9 Å². The lowest BCUT2D eigenvalue weighted by atomic mass is 10.2. The van der Waals surface area contributed by atoms with Crippen molar-refractivity contribution in [1.29, 1.82) is 0 Å². The fourth-order valence-electron chi connectivity index (χ4n) is 3.49. The SMILES string of the molecule is CC(C)CN1CCOC(CNC(=O)CN(Cc2ccco2)Cc2ccco2)C1. The van der Waals surface area contributed by atoms with Gasteiger partial charge in [-0.15, -0.1) is 0 Å². The third-order valence-electron chi connectivity index (χ3n) is 4.66. The molecule has 1 saturated heterocycles. The molecule has 0 bridgehead atoms. The summed E-state index contributed by atoms with van der Waals surface area (Å²) in [5, 5.41) is 3.02. The van der Waals surface area contributed by atoms with Gasteiger partial charge in [-0.3, -0.25) is 14.6 Å². The second-order valence-electron chi connectivity index (χ2n) is 7.75. The number of nitrogens with one attached hydrogen (secondary N) is 1. The second kappa shape index (κ2) is 10.5. The maximum Gasteiger partial charge on any atom is 0.234 e. The predicted octanol–water partition coefficient (Wildman–Crippen LogP) is 2.35. The zero-order valence-corrected chi connectivity index (χ0v) is 16.8. The second-order valence-corrected chi connectivity index (χ2v) is 7.75. The molecule has 1 aliphatic rings. The molecule has 3 heterocycles. The summed E-state index contributed by atoms with van der Waals surface area (Å²) in [6.07, 6.45) is 3.33. The molecule has 0 aliphatic carbocycles. The van der Waals surface area contributed by atoms with Crippen LogP contribution in [-0.2, 0) is 22.6 Å². The van der Waals surface area contributed by atoms with Crippen LogP contribution in [0.1, 0.15) is 25.4 Å². The van der Waals surface area contributed by atoms with E-state index in [0.717, 1.165) is 37.8 Å². The minimum Gasteiger partial charge on any atom is -0.468 e. The van der Waals surface area contributed by atoms with E-state index in [-0.39, 0.29) is 18.6 Å². The predicted molar refractivity (Wildman–Crippen MR) is 106 cm³/mol. The van der Waals surface area contributed by atoms with Gasteiger partial charge >= 0.3 is 0 Å². The van der Waals surface area contributed by atoms with Crippen molar-refractivity contribution in [3.63, 3.8) is 0 Å². The topological polar surface area (TPSA) is 71.1 Å². The number of amides is 1. The Morgan fingerprint density at radius 3 is 2.46 bits per heavy atom. The third kappa shape index (κ3) is 6.82. The number of hydrogen-bond acceptors (Lipinski definition) is 6. The molecular weight excluding hydrogens is 358 g/mol. The van der Waals surface area contributed by atoms with Crippen LogP contribution in [0.5, 0.6) is 0 Å². The quantitative estimate of drug-likeness (QED) is 0.673. The van der Waals surface area contributed by atoms with Crippen LogP contribution < -0.4 is 5.32 Å². The van der Waals surface area contributed by atoms with Crippen molar-refractivity contribution in [2.75, 3.05) is 39.3 Å². The highest BCUT2D eigenvalue weighted by Gasteiger charge is 2.22. The molecule has 28 heavy (non-hydrogen) atoms. The number of hydrogen-bond donors (Lipinski definition) is 1. The minimum absolute atomic E-state index is 0.0253. The molecule has 0 aromatic carbocycles. The number of furan rings is 2. The molecule has 3 rings (SSSR count). The number of carbonyl (C=O) groups is 1. The van der Waals surface area contributed by atoms with Gasteiger partial charge in [-0.1, -0.05) is 13.8 Å². The average molecular weight is 389 g/mol. The van der Waals surface area contributed by atoms with Crippen molar-refractivity contribution in [2.24, 2.45) is 5.92 Å². The third-order valence-corrected chi connectivity index (χ3v) is 4.66. The fraction of sp³-hybridized carbons (Fsp3) is 0.571. The van der Waals surface area contributed by atoms with Gasteiger partial charge in [0, 0.05) is 26.2 Å². The fourth-order valence-corrected chi connectivity index (χ4v) is 3.49. The van der Waals surface area contributed by atoms with Gasteiger partial charge in [0.15, 0.2) is 0 Å². The Morgan fingerprint density at radius 1 is 1.21 bits per heavy atom. The molecule has 1 aliphatic heterocycles. The van der Waals surface area contributed by atoms with Crippen LogP contribution >= 0.6 is 0 Å². The first-order chi connectivity index (χ1) is 13.6. The van der Waals surface area contributed by atoms with Crippen molar-refractivity contribution in [1.82, 2.24) is 15.1 Å². The van der Waals surface area contributed by atoms with Crippen LogP contribution in [0.25, 0.3) is 0 Å². The van der Waals surface area contributed by atoms with Gasteiger partial charge in [0.25, 0.3) is 0 Å². The molecule has 1 fully saturated rings. The number of rotatable bonds is 10. The average Bonchev–Trinajstić information content (AvgIpc) is 3.34. The highest BCUT2D eigenvalue weighted by molar-refractivity contribution is 5.78. The molecular formula is C21H31N3O4. The lowest BCUT2D eigenvalue weighted by Crippen LogP contribution is -2.49. The molecule has 0 saturated carbocycles. The zero-order valence-electron chi connectivity index (χ0n) is 16.8. The molecule has 1 unspecified atom stereocenters. The highest BCUT2D eigenvalue weighted by atomic mass is 16.5. The number of ether oxygens (including phenoxy) is 1. The van der Waals surface area contributed by atoms with E-state index in [9.17, 15) is 4.79 Å². The van der Waals surface area contributed by atoms with Crippen LogP contribution in [-0.4, -0.2) is 61.1 Å². The molecule has 154 valence electrons. The Kier molecular flexibility index (Phi) is 7.71. The summed E-state index contributed by atoms with van der Waals surface area (Å²) >= 11 is 0. The summed E-state index contributed by atoms with van der Waals surface area (Å²) in [6.45, 7) is 9.94. The van der Waals surface area contributed by atoms with E-state index < -0.39 is 0 Å². The minimum atomic E-state index is -0.0253. The number of nitrogens with zero attached hydrogens (tertiary/aromatic N) is 2. The van der Waals surface area contributed by atoms with Gasteiger partial charge in [-0.2, -0.15) is 0 Å². The largest absolute Gasteiger partial charge is 0.468 e. The van der Waals surface area contributed by atoms with E-state index in [1.165, 1.54) is 0 Å². The molecule has 2 aromatic heterocycles. The van der Waals surface area contributed by atoms with Crippen LogP contribution in [0.2, 0.25) is 0 Å². The van der Waals surface area contributed by atoms with Crippen LogP contribution in [0.4, 0.5) is 0 Å². The summed E-state index contributed by atoms with van der Waals surface area (Å²) in [5.74, 6) is 2.24. The van der Waals surface area contributed by atoms with Crippen LogP contribution in [0.3, 0.4) is 0 Å². The lowest BCUT2D eigenvalue weighted by Gasteiger charge is -2.34. The van der Waals surface area contributed by atoms with Crippen molar-refractivity contribution >= 4 is 5.91 Å². The first-order valence-electron chi connectivity index (χ1n) is 9.96. The Labute approximate surface area is 166 Å². The van der Waals surface area contributed by atoms with E-state index in [2.05, 4.69) is 24.1 Å². The Bertz CT molecular complexity index is 648. The van der Waals surface area contributed by atoms with Crippen molar-refractivity contribution in [2.45, 2.75) is 33.0 Å². The first-order valence-corrected chi connectivity index (χ1v) is 9.96. The summed E-state index contributed by atoms with van der Waals surface area (Å²) in [7, 11) is 0. The smallest absolute Gasteiger partial charge is 0.234 e. The van der Waals surface area contributed by atoms with E-state index in [1.807, 2.05) is 29.2 Å². The van der Waals surface area contributed by atoms with Gasteiger partial charge < -0.3 is 18.9 Å². The summed E-state index contributed by atoms with van der Waals surface area (Å²) in [5.41, 5.74) is 0. The highest BCUT2D eigenvalue weighted by Crippen LogP contribution is 2.11. The molecule has 1 N–H and O–H groups in total. The summed E-state index contributed by atoms with van der Waals surface area (Å²) in [4.78, 5) is 16.9. The number of carbonyl (C=O) groups excluding carboxylic acids is 1. The van der Waals surface area contributed by atoms with Gasteiger partial charge in [-0.05, 0) is 30.2 Å². The van der Waals surface area contributed by atoms with Crippen molar-refractivity contribution in [3.8, 4) is 0 Å². The molecule has 0 spiro atoms. The Morgan fingerprint density at radius 2 is 1.89 bits per heavy atom. The van der Waals surface area contributed by atoms with Crippen LogP contribution in [0.15, 0.2) is 45.6 Å². The van der Waals surface area contributed by atoms with Gasteiger partial charge in [-0.25, -0.2) is 0 Å². The summed E-state index contributed by atoms with van der Waals surface area (Å²) in [6, 6.07) is 7.52. The Balaban J connectivity index is 1.47. The van der Waals surface area contributed by atoms with Gasteiger partial charge in [0.2, 0.25) is 5.91 Å². The van der Waals surface area contributed by atoms with E-state index in [4.69, 9.17) is 13.6 Å². The first kappa shape index (κ1) is 20.6. The zero-order chi connectivity index (χ0) is 19.8. The van der Waals surface area contributed by atoms with E-state index >= 15 is 0 Å². The molecule has 7 heteroatoms. The van der Waals surface area contributed by atoms with E-state index in [0.29, 0.717) is 25.6 Å². The van der Waals surface area contributed by atoms with Crippen LogP contribution in [0, 0.1) is 5.92 Å². The molecule has 2 aromatic rings. The van der Waals surface area contributed by atoms with Crippen molar-refractivity contribution < 1.29 is 18.4 Å². The lowest BCUT2D eigenvalue weighted by molar-refractivity contribution is -0.123. The molecule has 0 radical (unpaired) electrons. The van der Waals surface area contributed by atoms with Gasteiger partial charge in [0.1, 0.15) is 11.5 Å². The Hall–Kier alpha value is -2.09. The summed E-state index contributed by atoms with van der Waals surface area (Å²) < 4.78 is 16.7. The maximum absolute atomic E-state index is 12.5. The van der Waals surface area contributed by atoms with E-state index in [1.54, 1.807) is 12.5 Å². The molecule has 1 atom stereocenters. The number of morpholine rings is 1.